The number of aromatic nitrogens is 2. The van der Waals surface area contributed by atoms with Crippen LogP contribution in [-0.2, 0) is 0 Å². The quantitative estimate of drug-likeness (QED) is 0.865. The second kappa shape index (κ2) is 6.47. The summed E-state index contributed by atoms with van der Waals surface area (Å²) in [6.45, 7) is 7.49. The molecule has 1 aliphatic heterocycles. The first-order valence-electron chi connectivity index (χ1n) is 9.06. The molecular formula is C20H24N4O. The van der Waals surface area contributed by atoms with Crippen LogP contribution in [0.25, 0.3) is 0 Å². The van der Waals surface area contributed by atoms with E-state index in [1.165, 1.54) is 36.0 Å². The Kier molecular flexibility index (Phi) is 4.15. The number of rotatable bonds is 3. The number of anilines is 1. The Balaban J connectivity index is 1.44. The summed E-state index contributed by atoms with van der Waals surface area (Å²) in [6, 6.07) is 8.31. The fourth-order valence-electron chi connectivity index (χ4n) is 3.48. The summed E-state index contributed by atoms with van der Waals surface area (Å²) in [7, 11) is 0. The van der Waals surface area contributed by atoms with Crippen LogP contribution in [0.4, 0.5) is 5.69 Å². The van der Waals surface area contributed by atoms with Crippen molar-refractivity contribution in [3.63, 3.8) is 0 Å². The van der Waals surface area contributed by atoms with Crippen LogP contribution in [0.15, 0.2) is 30.6 Å². The predicted molar refractivity (Wildman–Crippen MR) is 98.0 cm³/mol. The molecular weight excluding hydrogens is 312 g/mol. The molecule has 1 saturated carbocycles. The molecule has 0 radical (unpaired) electrons. The summed E-state index contributed by atoms with van der Waals surface area (Å²) in [5.74, 6) is 0.570. The van der Waals surface area contributed by atoms with Gasteiger partial charge in [-0.2, -0.15) is 0 Å². The maximum atomic E-state index is 12.8. The van der Waals surface area contributed by atoms with Crippen molar-refractivity contribution >= 4 is 11.6 Å². The van der Waals surface area contributed by atoms with Crippen molar-refractivity contribution in [1.82, 2.24) is 14.9 Å². The van der Waals surface area contributed by atoms with Crippen molar-refractivity contribution in [3.05, 3.63) is 53.1 Å². The zero-order valence-corrected chi connectivity index (χ0v) is 14.9. The first kappa shape index (κ1) is 16.1. The third-order valence-electron chi connectivity index (χ3n) is 5.39. The molecule has 2 fully saturated rings. The third kappa shape index (κ3) is 3.23. The Morgan fingerprint density at radius 2 is 1.84 bits per heavy atom. The Morgan fingerprint density at radius 3 is 2.56 bits per heavy atom. The molecule has 5 nitrogen and oxygen atoms in total. The predicted octanol–water partition coefficient (Wildman–Crippen LogP) is 2.93. The minimum absolute atomic E-state index is 0.0323. The fourth-order valence-corrected chi connectivity index (χ4v) is 3.48. The Labute approximate surface area is 148 Å². The van der Waals surface area contributed by atoms with E-state index in [9.17, 15) is 4.79 Å². The van der Waals surface area contributed by atoms with Crippen molar-refractivity contribution in [2.24, 2.45) is 0 Å². The Bertz CT molecular complexity index is 792. The SMILES string of the molecule is Cc1cccc(N2CCN(C(=O)c3cc(C4CC4)ncn3)CC2)c1C. The van der Waals surface area contributed by atoms with Gasteiger partial charge in [0.2, 0.25) is 0 Å². The highest BCUT2D eigenvalue weighted by Crippen LogP contribution is 2.38. The summed E-state index contributed by atoms with van der Waals surface area (Å²) in [5.41, 5.74) is 5.48. The molecule has 130 valence electrons. The van der Waals surface area contributed by atoms with Gasteiger partial charge in [-0.25, -0.2) is 9.97 Å². The smallest absolute Gasteiger partial charge is 0.272 e. The van der Waals surface area contributed by atoms with E-state index in [1.54, 1.807) is 0 Å². The number of nitrogens with zero attached hydrogens (tertiary/aromatic N) is 4. The molecule has 2 aromatic rings. The Hall–Kier alpha value is -2.43. The molecule has 4 rings (SSSR count). The van der Waals surface area contributed by atoms with Crippen molar-refractivity contribution in [1.29, 1.82) is 0 Å². The highest BCUT2D eigenvalue weighted by molar-refractivity contribution is 5.92. The van der Waals surface area contributed by atoms with Crippen molar-refractivity contribution in [2.45, 2.75) is 32.6 Å². The molecule has 0 bridgehead atoms. The van der Waals surface area contributed by atoms with E-state index in [1.807, 2.05) is 11.0 Å². The van der Waals surface area contributed by atoms with Crippen LogP contribution in [-0.4, -0.2) is 47.0 Å². The first-order chi connectivity index (χ1) is 12.1. The zero-order chi connectivity index (χ0) is 17.4. The minimum Gasteiger partial charge on any atom is -0.368 e. The van der Waals surface area contributed by atoms with Gasteiger partial charge in [0, 0.05) is 43.5 Å². The number of carbonyl (C=O) groups is 1. The first-order valence-corrected chi connectivity index (χ1v) is 9.06. The second-order valence-corrected chi connectivity index (χ2v) is 7.10. The summed E-state index contributed by atoms with van der Waals surface area (Å²) >= 11 is 0. The van der Waals surface area contributed by atoms with Gasteiger partial charge in [0.1, 0.15) is 12.0 Å². The van der Waals surface area contributed by atoms with Gasteiger partial charge in [-0.05, 0) is 49.9 Å². The van der Waals surface area contributed by atoms with Crippen LogP contribution in [0, 0.1) is 13.8 Å². The highest BCUT2D eigenvalue weighted by atomic mass is 16.2. The van der Waals surface area contributed by atoms with E-state index in [0.717, 1.165) is 31.9 Å². The second-order valence-electron chi connectivity index (χ2n) is 7.10. The van der Waals surface area contributed by atoms with Crippen LogP contribution in [0.5, 0.6) is 0 Å². The lowest BCUT2D eigenvalue weighted by Gasteiger charge is -2.37. The average Bonchev–Trinajstić information content (AvgIpc) is 3.49. The lowest BCUT2D eigenvalue weighted by atomic mass is 10.1. The molecule has 0 N–H and O–H groups in total. The van der Waals surface area contributed by atoms with E-state index >= 15 is 0 Å². The molecule has 1 aromatic carbocycles. The molecule has 1 aromatic heterocycles. The number of amides is 1. The lowest BCUT2D eigenvalue weighted by molar-refractivity contribution is 0.0740. The summed E-state index contributed by atoms with van der Waals surface area (Å²) in [4.78, 5) is 25.6. The van der Waals surface area contributed by atoms with Crippen LogP contribution in [0.1, 0.15) is 46.1 Å². The van der Waals surface area contributed by atoms with Crippen LogP contribution >= 0.6 is 0 Å². The van der Waals surface area contributed by atoms with E-state index in [2.05, 4.69) is 46.9 Å². The minimum atomic E-state index is 0.0323. The van der Waals surface area contributed by atoms with Gasteiger partial charge >= 0.3 is 0 Å². The molecule has 1 aliphatic carbocycles. The maximum Gasteiger partial charge on any atom is 0.272 e. The van der Waals surface area contributed by atoms with Gasteiger partial charge in [-0.3, -0.25) is 4.79 Å². The largest absolute Gasteiger partial charge is 0.368 e. The fraction of sp³-hybridized carbons (Fsp3) is 0.450. The number of benzene rings is 1. The zero-order valence-electron chi connectivity index (χ0n) is 14.9. The third-order valence-corrected chi connectivity index (χ3v) is 5.39. The molecule has 2 heterocycles. The summed E-state index contributed by atoms with van der Waals surface area (Å²) in [5, 5.41) is 0. The van der Waals surface area contributed by atoms with Gasteiger partial charge in [-0.15, -0.1) is 0 Å². The molecule has 5 heteroatoms. The van der Waals surface area contributed by atoms with E-state index < -0.39 is 0 Å². The van der Waals surface area contributed by atoms with Gasteiger partial charge in [0.15, 0.2) is 0 Å². The summed E-state index contributed by atoms with van der Waals surface area (Å²) < 4.78 is 0. The molecule has 1 amide bonds. The molecule has 1 saturated heterocycles. The highest BCUT2D eigenvalue weighted by Gasteiger charge is 2.28. The van der Waals surface area contributed by atoms with Crippen LogP contribution < -0.4 is 4.90 Å². The molecule has 0 unspecified atom stereocenters. The molecule has 25 heavy (non-hydrogen) atoms. The number of piperazine rings is 1. The van der Waals surface area contributed by atoms with Crippen molar-refractivity contribution in [2.75, 3.05) is 31.1 Å². The van der Waals surface area contributed by atoms with Gasteiger partial charge in [-0.1, -0.05) is 12.1 Å². The number of carbonyl (C=O) groups excluding carboxylic acids is 1. The van der Waals surface area contributed by atoms with Crippen LogP contribution in [0.3, 0.4) is 0 Å². The molecule has 2 aliphatic rings. The van der Waals surface area contributed by atoms with Crippen molar-refractivity contribution < 1.29 is 4.79 Å². The van der Waals surface area contributed by atoms with Gasteiger partial charge in [0.25, 0.3) is 5.91 Å². The van der Waals surface area contributed by atoms with Crippen LogP contribution in [0.2, 0.25) is 0 Å². The van der Waals surface area contributed by atoms with Gasteiger partial charge < -0.3 is 9.80 Å². The average molecular weight is 336 g/mol. The van der Waals surface area contributed by atoms with Gasteiger partial charge in [0.05, 0.1) is 0 Å². The van der Waals surface area contributed by atoms with E-state index in [-0.39, 0.29) is 5.91 Å². The van der Waals surface area contributed by atoms with E-state index in [4.69, 9.17) is 0 Å². The monoisotopic (exact) mass is 336 g/mol. The Morgan fingerprint density at radius 1 is 1.08 bits per heavy atom. The summed E-state index contributed by atoms with van der Waals surface area (Å²) in [6.07, 6.45) is 3.89. The van der Waals surface area contributed by atoms with E-state index in [0.29, 0.717) is 11.6 Å². The normalized spacial score (nSPS) is 17.7. The number of hydrogen-bond acceptors (Lipinski definition) is 4. The standard InChI is InChI=1S/C20H24N4O/c1-14-4-3-5-19(15(14)2)23-8-10-24(11-9-23)20(25)18-12-17(16-6-7-16)21-13-22-18/h3-5,12-13,16H,6-11H2,1-2H3. The maximum absolute atomic E-state index is 12.8. The molecule has 0 spiro atoms. The topological polar surface area (TPSA) is 49.3 Å². The lowest BCUT2D eigenvalue weighted by Crippen LogP contribution is -2.49. The molecule has 0 atom stereocenters. The number of hydrogen-bond donors (Lipinski definition) is 0. The van der Waals surface area contributed by atoms with Crippen molar-refractivity contribution in [3.8, 4) is 0 Å². The number of aryl methyl sites for hydroxylation is 1.